The fraction of sp³-hybridized carbons (Fsp3) is 0.333. The van der Waals surface area contributed by atoms with E-state index in [1.807, 2.05) is 25.9 Å². The summed E-state index contributed by atoms with van der Waals surface area (Å²) in [5.74, 6) is -0.528. The predicted molar refractivity (Wildman–Crippen MR) is 123 cm³/mol. The summed E-state index contributed by atoms with van der Waals surface area (Å²) >= 11 is 6.22. The van der Waals surface area contributed by atoms with Gasteiger partial charge in [-0.15, -0.1) is 0 Å². The summed E-state index contributed by atoms with van der Waals surface area (Å²) in [6, 6.07) is 11.2. The molecular formula is C24H27ClN2O5. The number of benzene rings is 2. The average molecular weight is 459 g/mol. The first-order valence-corrected chi connectivity index (χ1v) is 10.7. The number of carbonyl (C=O) groups is 2. The normalized spacial score (nSPS) is 17.8. The molecule has 2 aromatic carbocycles. The van der Waals surface area contributed by atoms with Crippen LogP contribution in [0.3, 0.4) is 0 Å². The van der Waals surface area contributed by atoms with Crippen LogP contribution in [-0.4, -0.2) is 67.5 Å². The number of halogens is 1. The minimum Gasteiger partial charge on any atom is -0.507 e. The maximum Gasteiger partial charge on any atom is 0.295 e. The van der Waals surface area contributed by atoms with Gasteiger partial charge in [0, 0.05) is 18.7 Å². The molecular weight excluding hydrogens is 432 g/mol. The number of ether oxygens (including phenoxy) is 2. The number of aliphatic hydroxyl groups is 1. The third-order valence-corrected chi connectivity index (χ3v) is 5.56. The van der Waals surface area contributed by atoms with Crippen molar-refractivity contribution in [1.29, 1.82) is 0 Å². The van der Waals surface area contributed by atoms with E-state index in [0.29, 0.717) is 42.3 Å². The fourth-order valence-electron chi connectivity index (χ4n) is 3.65. The molecule has 0 aromatic heterocycles. The first-order chi connectivity index (χ1) is 15.3. The van der Waals surface area contributed by atoms with Crippen LogP contribution in [0.15, 0.2) is 48.0 Å². The zero-order chi connectivity index (χ0) is 23.4. The molecule has 1 saturated heterocycles. The molecule has 0 unspecified atom stereocenters. The summed E-state index contributed by atoms with van der Waals surface area (Å²) in [6.07, 6.45) is 0. The molecule has 2 aromatic rings. The molecule has 1 amide bonds. The van der Waals surface area contributed by atoms with E-state index >= 15 is 0 Å². The molecule has 32 heavy (non-hydrogen) atoms. The summed E-state index contributed by atoms with van der Waals surface area (Å²) in [5, 5.41) is 11.4. The second-order valence-electron chi connectivity index (χ2n) is 7.65. The van der Waals surface area contributed by atoms with Crippen LogP contribution in [0, 0.1) is 0 Å². The lowest BCUT2D eigenvalue weighted by molar-refractivity contribution is -0.140. The molecule has 1 aliphatic rings. The SMILES string of the molecule is CCOc1ccc([C@H]2C(=C(O)c3ccc(OC)c(Cl)c3)C(=O)C(=O)N2CCN(C)C)cc1. The zero-order valence-corrected chi connectivity index (χ0v) is 19.3. The Morgan fingerprint density at radius 3 is 2.41 bits per heavy atom. The van der Waals surface area contributed by atoms with E-state index in [1.54, 1.807) is 36.4 Å². The van der Waals surface area contributed by atoms with Gasteiger partial charge in [-0.25, -0.2) is 0 Å². The predicted octanol–water partition coefficient (Wildman–Crippen LogP) is 3.73. The van der Waals surface area contributed by atoms with Gasteiger partial charge in [0.1, 0.15) is 17.3 Å². The van der Waals surface area contributed by atoms with Gasteiger partial charge in [0.2, 0.25) is 0 Å². The molecule has 0 spiro atoms. The highest BCUT2D eigenvalue weighted by molar-refractivity contribution is 6.46. The number of rotatable bonds is 8. The van der Waals surface area contributed by atoms with Crippen LogP contribution in [0.4, 0.5) is 0 Å². The Kier molecular flexibility index (Phi) is 7.43. The van der Waals surface area contributed by atoms with Crippen LogP contribution < -0.4 is 9.47 Å². The van der Waals surface area contributed by atoms with Gasteiger partial charge >= 0.3 is 0 Å². The van der Waals surface area contributed by atoms with Crippen LogP contribution in [-0.2, 0) is 9.59 Å². The molecule has 1 aliphatic heterocycles. The minimum atomic E-state index is -0.730. The Labute approximate surface area is 192 Å². The first-order valence-electron chi connectivity index (χ1n) is 10.3. The van der Waals surface area contributed by atoms with E-state index in [4.69, 9.17) is 21.1 Å². The van der Waals surface area contributed by atoms with Gasteiger partial charge in [-0.3, -0.25) is 9.59 Å². The van der Waals surface area contributed by atoms with Crippen molar-refractivity contribution in [2.45, 2.75) is 13.0 Å². The third kappa shape index (κ3) is 4.74. The van der Waals surface area contributed by atoms with Crippen LogP contribution in [0.25, 0.3) is 5.76 Å². The van der Waals surface area contributed by atoms with Crippen molar-refractivity contribution in [1.82, 2.24) is 9.80 Å². The fourth-order valence-corrected chi connectivity index (χ4v) is 3.90. The molecule has 0 bridgehead atoms. The smallest absolute Gasteiger partial charge is 0.295 e. The number of hydrogen-bond acceptors (Lipinski definition) is 6. The monoisotopic (exact) mass is 458 g/mol. The Morgan fingerprint density at radius 1 is 1.16 bits per heavy atom. The van der Waals surface area contributed by atoms with Gasteiger partial charge in [0.25, 0.3) is 11.7 Å². The number of hydrogen-bond donors (Lipinski definition) is 1. The van der Waals surface area contributed by atoms with E-state index in [2.05, 4.69) is 0 Å². The molecule has 0 radical (unpaired) electrons. The van der Waals surface area contributed by atoms with Gasteiger partial charge in [0.05, 0.1) is 30.4 Å². The maximum absolute atomic E-state index is 13.0. The van der Waals surface area contributed by atoms with Crippen molar-refractivity contribution in [3.05, 3.63) is 64.2 Å². The van der Waals surface area contributed by atoms with E-state index in [-0.39, 0.29) is 16.4 Å². The Hall–Kier alpha value is -3.03. The highest BCUT2D eigenvalue weighted by Gasteiger charge is 2.45. The number of Topliss-reactive ketones (excluding diaryl/α,β-unsaturated/α-hetero) is 1. The quantitative estimate of drug-likeness (QED) is 0.369. The van der Waals surface area contributed by atoms with Crippen molar-refractivity contribution in [3.8, 4) is 11.5 Å². The van der Waals surface area contributed by atoms with Gasteiger partial charge in [-0.2, -0.15) is 0 Å². The first kappa shape index (κ1) is 23.6. The summed E-state index contributed by atoms with van der Waals surface area (Å²) in [4.78, 5) is 29.4. The second-order valence-corrected chi connectivity index (χ2v) is 8.05. The molecule has 170 valence electrons. The number of likely N-dealkylation sites (N-methyl/N-ethyl adjacent to an activating group) is 1. The standard InChI is InChI=1S/C24H27ClN2O5/c1-5-32-17-9-6-15(7-10-17)21-20(23(29)24(30)27(21)13-12-26(2)3)22(28)16-8-11-19(31-4)18(25)14-16/h6-11,14,21,28H,5,12-13H2,1-4H3/t21-/m0/s1. The van der Waals surface area contributed by atoms with Crippen molar-refractivity contribution in [2.75, 3.05) is 40.9 Å². The van der Waals surface area contributed by atoms with Gasteiger partial charge in [0.15, 0.2) is 0 Å². The van der Waals surface area contributed by atoms with E-state index in [0.717, 1.165) is 0 Å². The van der Waals surface area contributed by atoms with Crippen LogP contribution >= 0.6 is 11.6 Å². The van der Waals surface area contributed by atoms with E-state index in [1.165, 1.54) is 18.1 Å². The topological polar surface area (TPSA) is 79.3 Å². The number of likely N-dealkylation sites (tertiary alicyclic amines) is 1. The number of methoxy groups -OCH3 is 1. The minimum absolute atomic E-state index is 0.0270. The Bertz CT molecular complexity index is 1030. The van der Waals surface area contributed by atoms with E-state index in [9.17, 15) is 14.7 Å². The summed E-state index contributed by atoms with van der Waals surface area (Å²) in [6.45, 7) is 3.31. The van der Waals surface area contributed by atoms with Crippen LogP contribution in [0.2, 0.25) is 5.02 Å². The third-order valence-electron chi connectivity index (χ3n) is 5.26. The second kappa shape index (κ2) is 10.1. The summed E-state index contributed by atoms with van der Waals surface area (Å²) in [7, 11) is 5.27. The van der Waals surface area contributed by atoms with Crippen molar-refractivity contribution < 1.29 is 24.2 Å². The van der Waals surface area contributed by atoms with Crippen molar-refractivity contribution in [3.63, 3.8) is 0 Å². The lowest BCUT2D eigenvalue weighted by Crippen LogP contribution is -2.35. The Balaban J connectivity index is 2.12. The van der Waals surface area contributed by atoms with Crippen LogP contribution in [0.1, 0.15) is 24.1 Å². The molecule has 3 rings (SSSR count). The lowest BCUT2D eigenvalue weighted by Gasteiger charge is -2.26. The highest BCUT2D eigenvalue weighted by Crippen LogP contribution is 2.40. The highest BCUT2D eigenvalue weighted by atomic mass is 35.5. The zero-order valence-electron chi connectivity index (χ0n) is 18.6. The molecule has 1 fully saturated rings. The molecule has 1 N–H and O–H groups in total. The lowest BCUT2D eigenvalue weighted by atomic mass is 9.95. The number of aliphatic hydroxyl groups excluding tert-OH is 1. The van der Waals surface area contributed by atoms with Gasteiger partial charge in [-0.05, 0) is 56.9 Å². The Morgan fingerprint density at radius 2 is 1.84 bits per heavy atom. The van der Waals surface area contributed by atoms with Gasteiger partial charge < -0.3 is 24.4 Å². The van der Waals surface area contributed by atoms with Crippen molar-refractivity contribution in [2.24, 2.45) is 0 Å². The average Bonchev–Trinajstić information content (AvgIpc) is 3.02. The largest absolute Gasteiger partial charge is 0.507 e. The van der Waals surface area contributed by atoms with E-state index < -0.39 is 17.7 Å². The molecule has 1 atom stereocenters. The number of nitrogens with zero attached hydrogens (tertiary/aromatic N) is 2. The number of ketones is 1. The maximum atomic E-state index is 13.0. The molecule has 8 heteroatoms. The van der Waals surface area contributed by atoms with Gasteiger partial charge in [-0.1, -0.05) is 23.7 Å². The molecule has 1 heterocycles. The molecule has 7 nitrogen and oxygen atoms in total. The summed E-state index contributed by atoms with van der Waals surface area (Å²) in [5.41, 5.74) is 1.06. The summed E-state index contributed by atoms with van der Waals surface area (Å²) < 4.78 is 10.7. The van der Waals surface area contributed by atoms with Crippen LogP contribution in [0.5, 0.6) is 11.5 Å². The molecule has 0 saturated carbocycles. The molecule has 0 aliphatic carbocycles. The number of amides is 1. The van der Waals surface area contributed by atoms with Crippen molar-refractivity contribution >= 4 is 29.1 Å². The number of carbonyl (C=O) groups excluding carboxylic acids is 2.